The minimum atomic E-state index is -0.122. The summed E-state index contributed by atoms with van der Waals surface area (Å²) in [6.45, 7) is 0.712. The molecule has 80 valence electrons. The van der Waals surface area contributed by atoms with Gasteiger partial charge in [0.2, 0.25) is 0 Å². The summed E-state index contributed by atoms with van der Waals surface area (Å²) in [5, 5.41) is 12.8. The van der Waals surface area contributed by atoms with Gasteiger partial charge in [-0.1, -0.05) is 6.07 Å². The highest BCUT2D eigenvalue weighted by molar-refractivity contribution is 5.35. The molecule has 1 N–H and O–H groups in total. The molecule has 2 aromatic rings. The van der Waals surface area contributed by atoms with E-state index in [1.807, 2.05) is 6.07 Å². The molecule has 2 rings (SSSR count). The van der Waals surface area contributed by atoms with E-state index >= 15 is 0 Å². The number of aliphatic hydroxyl groups is 1. The van der Waals surface area contributed by atoms with Crippen LogP contribution >= 0.6 is 0 Å². The second kappa shape index (κ2) is 4.27. The van der Waals surface area contributed by atoms with Gasteiger partial charge in [0.05, 0.1) is 0 Å². The van der Waals surface area contributed by atoms with Crippen LogP contribution in [0.15, 0.2) is 29.2 Å². The summed E-state index contributed by atoms with van der Waals surface area (Å²) in [6.07, 6.45) is 3.16. The van der Waals surface area contributed by atoms with Crippen molar-refractivity contribution in [1.29, 1.82) is 0 Å². The number of hydrogen-bond acceptors (Lipinski definition) is 3. The van der Waals surface area contributed by atoms with Gasteiger partial charge in [-0.25, -0.2) is 9.48 Å². The van der Waals surface area contributed by atoms with Gasteiger partial charge >= 0.3 is 5.69 Å². The van der Waals surface area contributed by atoms with Crippen molar-refractivity contribution < 1.29 is 5.11 Å². The lowest BCUT2D eigenvalue weighted by Gasteiger charge is -1.96. The molecule has 0 bridgehead atoms. The Morgan fingerprint density at radius 1 is 1.33 bits per heavy atom. The summed E-state index contributed by atoms with van der Waals surface area (Å²) in [5.41, 5.74) is 0.537. The van der Waals surface area contributed by atoms with Gasteiger partial charge in [-0.2, -0.15) is 0 Å². The van der Waals surface area contributed by atoms with E-state index in [0.717, 1.165) is 6.42 Å². The van der Waals surface area contributed by atoms with Crippen LogP contribution in [0.4, 0.5) is 0 Å². The van der Waals surface area contributed by atoms with Crippen molar-refractivity contribution in [2.75, 3.05) is 6.61 Å². The molecule has 5 nitrogen and oxygen atoms in total. The predicted octanol–water partition coefficient (Wildman–Crippen LogP) is 0.269. The molecule has 15 heavy (non-hydrogen) atoms. The molecule has 0 aliphatic rings. The number of aromatic nitrogens is 3. The number of nitrogens with zero attached hydrogens (tertiary/aromatic N) is 3. The first-order valence-electron chi connectivity index (χ1n) is 4.98. The minimum Gasteiger partial charge on any atom is -0.396 e. The average Bonchev–Trinajstić information content (AvgIpc) is 2.57. The molecule has 2 heterocycles. The van der Waals surface area contributed by atoms with E-state index in [1.54, 1.807) is 18.3 Å². The van der Waals surface area contributed by atoms with Crippen LogP contribution < -0.4 is 5.69 Å². The zero-order valence-electron chi connectivity index (χ0n) is 8.33. The topological polar surface area (TPSA) is 59.5 Å². The van der Waals surface area contributed by atoms with Gasteiger partial charge < -0.3 is 5.11 Å². The lowest BCUT2D eigenvalue weighted by Crippen LogP contribution is -2.21. The van der Waals surface area contributed by atoms with Gasteiger partial charge in [-0.3, -0.25) is 4.40 Å². The summed E-state index contributed by atoms with van der Waals surface area (Å²) in [7, 11) is 0. The number of fused-ring (bicyclic) bond motifs is 1. The maximum atomic E-state index is 11.7. The summed E-state index contributed by atoms with van der Waals surface area (Å²) >= 11 is 0. The number of unbranched alkanes of at least 4 members (excludes halogenated alkanes) is 1. The van der Waals surface area contributed by atoms with Crippen molar-refractivity contribution in [3.8, 4) is 0 Å². The molecule has 0 aliphatic heterocycles. The molecular formula is C10H13N3O2. The van der Waals surface area contributed by atoms with Gasteiger partial charge in [0.1, 0.15) is 0 Å². The van der Waals surface area contributed by atoms with Gasteiger partial charge in [-0.15, -0.1) is 5.10 Å². The molecular weight excluding hydrogens is 194 g/mol. The fourth-order valence-electron chi connectivity index (χ4n) is 1.49. The Bertz CT molecular complexity index is 501. The van der Waals surface area contributed by atoms with Crippen molar-refractivity contribution in [2.24, 2.45) is 0 Å². The summed E-state index contributed by atoms with van der Waals surface area (Å²) < 4.78 is 2.95. The van der Waals surface area contributed by atoms with E-state index in [0.29, 0.717) is 18.6 Å². The standard InChI is InChI=1S/C10H13N3O2/c14-8-4-3-7-13-10(15)12-6-2-1-5-9(12)11-13/h1-2,5-6,14H,3-4,7-8H2. The number of hydrogen-bond donors (Lipinski definition) is 1. The Hall–Kier alpha value is -1.62. The van der Waals surface area contributed by atoms with E-state index in [-0.39, 0.29) is 12.3 Å². The van der Waals surface area contributed by atoms with E-state index in [4.69, 9.17) is 5.11 Å². The Labute approximate surface area is 86.6 Å². The first-order valence-corrected chi connectivity index (χ1v) is 4.98. The predicted molar refractivity (Wildman–Crippen MR) is 55.8 cm³/mol. The van der Waals surface area contributed by atoms with Gasteiger partial charge in [-0.05, 0) is 25.0 Å². The van der Waals surface area contributed by atoms with Crippen molar-refractivity contribution in [3.05, 3.63) is 34.9 Å². The number of pyridine rings is 1. The Morgan fingerprint density at radius 2 is 2.20 bits per heavy atom. The highest BCUT2D eigenvalue weighted by atomic mass is 16.3. The first kappa shape index (κ1) is 9.92. The fourth-order valence-corrected chi connectivity index (χ4v) is 1.49. The lowest BCUT2D eigenvalue weighted by molar-refractivity contribution is 0.279. The van der Waals surface area contributed by atoms with E-state index in [1.165, 1.54) is 9.08 Å². The first-order chi connectivity index (χ1) is 7.33. The zero-order valence-corrected chi connectivity index (χ0v) is 8.33. The fraction of sp³-hybridized carbons (Fsp3) is 0.400. The maximum absolute atomic E-state index is 11.7. The highest BCUT2D eigenvalue weighted by Gasteiger charge is 2.04. The van der Waals surface area contributed by atoms with Gasteiger partial charge in [0.15, 0.2) is 5.65 Å². The molecule has 0 saturated carbocycles. The molecule has 2 aromatic heterocycles. The highest BCUT2D eigenvalue weighted by Crippen LogP contribution is 1.96. The molecule has 0 saturated heterocycles. The van der Waals surface area contributed by atoms with Crippen molar-refractivity contribution in [1.82, 2.24) is 14.2 Å². The van der Waals surface area contributed by atoms with Crippen LogP contribution in [0.3, 0.4) is 0 Å². The lowest BCUT2D eigenvalue weighted by atomic mass is 10.3. The summed E-state index contributed by atoms with van der Waals surface area (Å²) in [5.74, 6) is 0. The molecule has 0 amide bonds. The quantitative estimate of drug-likeness (QED) is 0.732. The Balaban J connectivity index is 2.28. The third-order valence-electron chi connectivity index (χ3n) is 2.27. The van der Waals surface area contributed by atoms with Crippen LogP contribution in [0.2, 0.25) is 0 Å². The van der Waals surface area contributed by atoms with Crippen LogP contribution in [-0.2, 0) is 6.54 Å². The molecule has 0 aliphatic carbocycles. The summed E-state index contributed by atoms with van der Waals surface area (Å²) in [6, 6.07) is 5.44. The largest absolute Gasteiger partial charge is 0.396 e. The SMILES string of the molecule is O=c1n(CCCCO)nc2ccccn12. The van der Waals surface area contributed by atoms with Gasteiger partial charge in [0.25, 0.3) is 0 Å². The van der Waals surface area contributed by atoms with Crippen LogP contribution in [0.1, 0.15) is 12.8 Å². The Morgan fingerprint density at radius 3 is 2.93 bits per heavy atom. The molecule has 0 unspecified atom stereocenters. The second-order valence-corrected chi connectivity index (χ2v) is 3.37. The maximum Gasteiger partial charge on any atom is 0.350 e. The number of aliphatic hydroxyl groups excluding tert-OH is 1. The molecule has 0 atom stereocenters. The third kappa shape index (κ3) is 1.92. The zero-order chi connectivity index (χ0) is 10.7. The monoisotopic (exact) mass is 207 g/mol. The smallest absolute Gasteiger partial charge is 0.350 e. The molecule has 0 aromatic carbocycles. The molecule has 5 heteroatoms. The van der Waals surface area contributed by atoms with Crippen molar-refractivity contribution in [2.45, 2.75) is 19.4 Å². The van der Waals surface area contributed by atoms with Gasteiger partial charge in [0, 0.05) is 19.3 Å². The molecule has 0 spiro atoms. The van der Waals surface area contributed by atoms with E-state index in [2.05, 4.69) is 5.10 Å². The van der Waals surface area contributed by atoms with Crippen molar-refractivity contribution in [3.63, 3.8) is 0 Å². The number of rotatable bonds is 4. The van der Waals surface area contributed by atoms with Crippen molar-refractivity contribution >= 4 is 5.65 Å². The van der Waals surface area contributed by atoms with E-state index in [9.17, 15) is 4.79 Å². The second-order valence-electron chi connectivity index (χ2n) is 3.37. The Kier molecular flexibility index (Phi) is 2.82. The van der Waals surface area contributed by atoms with E-state index < -0.39 is 0 Å². The van der Waals surface area contributed by atoms with Crippen LogP contribution in [0.25, 0.3) is 5.65 Å². The van der Waals surface area contributed by atoms with Crippen LogP contribution in [-0.4, -0.2) is 25.9 Å². The summed E-state index contributed by atoms with van der Waals surface area (Å²) in [4.78, 5) is 11.7. The number of aryl methyl sites for hydroxylation is 1. The molecule has 0 radical (unpaired) electrons. The average molecular weight is 207 g/mol. The third-order valence-corrected chi connectivity index (χ3v) is 2.27. The normalized spacial score (nSPS) is 11.0. The minimum absolute atomic E-state index is 0.122. The molecule has 0 fully saturated rings. The van der Waals surface area contributed by atoms with Crippen LogP contribution in [0.5, 0.6) is 0 Å². The van der Waals surface area contributed by atoms with Crippen LogP contribution in [0, 0.1) is 0 Å².